The molecule has 3 fully saturated rings. The SMILES string of the molecule is c1cc(COC2C[C@H]3CNC[C@H]3C2)cc(C2CCCC2)c1. The summed E-state index contributed by atoms with van der Waals surface area (Å²) >= 11 is 0. The zero-order valence-electron chi connectivity index (χ0n) is 12.9. The van der Waals surface area contributed by atoms with Crippen molar-refractivity contribution in [3.63, 3.8) is 0 Å². The Bertz CT molecular complexity index is 468. The highest BCUT2D eigenvalue weighted by Gasteiger charge is 2.37. The van der Waals surface area contributed by atoms with Crippen molar-refractivity contribution < 1.29 is 4.74 Å². The summed E-state index contributed by atoms with van der Waals surface area (Å²) in [5.74, 6) is 2.56. The van der Waals surface area contributed by atoms with Crippen LogP contribution >= 0.6 is 0 Å². The predicted octanol–water partition coefficient (Wildman–Crippen LogP) is 3.86. The van der Waals surface area contributed by atoms with Gasteiger partial charge in [-0.3, -0.25) is 0 Å². The Morgan fingerprint density at radius 2 is 1.81 bits per heavy atom. The second-order valence-electron chi connectivity index (χ2n) is 7.31. The van der Waals surface area contributed by atoms with E-state index in [9.17, 15) is 0 Å². The highest BCUT2D eigenvalue weighted by Crippen LogP contribution is 2.37. The second-order valence-corrected chi connectivity index (χ2v) is 7.31. The zero-order valence-corrected chi connectivity index (χ0v) is 12.9. The van der Waals surface area contributed by atoms with Gasteiger partial charge in [0.05, 0.1) is 12.7 Å². The van der Waals surface area contributed by atoms with Crippen molar-refractivity contribution in [1.29, 1.82) is 0 Å². The first kappa shape index (κ1) is 13.8. The van der Waals surface area contributed by atoms with Gasteiger partial charge in [0.1, 0.15) is 0 Å². The quantitative estimate of drug-likeness (QED) is 0.907. The Balaban J connectivity index is 1.33. The lowest BCUT2D eigenvalue weighted by Gasteiger charge is -2.15. The number of rotatable bonds is 4. The van der Waals surface area contributed by atoms with Gasteiger partial charge in [-0.25, -0.2) is 0 Å². The second kappa shape index (κ2) is 6.10. The Hall–Kier alpha value is -0.860. The summed E-state index contributed by atoms with van der Waals surface area (Å²) in [6.07, 6.45) is 8.60. The lowest BCUT2D eigenvalue weighted by molar-refractivity contribution is 0.0404. The van der Waals surface area contributed by atoms with Gasteiger partial charge in [0.25, 0.3) is 0 Å². The molecule has 2 saturated carbocycles. The smallest absolute Gasteiger partial charge is 0.0720 e. The van der Waals surface area contributed by atoms with Crippen LogP contribution in [0.1, 0.15) is 55.6 Å². The van der Waals surface area contributed by atoms with Gasteiger partial charge in [0.2, 0.25) is 0 Å². The van der Waals surface area contributed by atoms with E-state index in [0.717, 1.165) is 24.4 Å². The van der Waals surface area contributed by atoms with Crippen molar-refractivity contribution in [2.45, 2.75) is 57.2 Å². The molecular formula is C19H27NO. The van der Waals surface area contributed by atoms with Crippen molar-refractivity contribution in [3.8, 4) is 0 Å². The van der Waals surface area contributed by atoms with Crippen molar-refractivity contribution in [2.24, 2.45) is 11.8 Å². The molecule has 2 aliphatic carbocycles. The minimum Gasteiger partial charge on any atom is -0.374 e. The van der Waals surface area contributed by atoms with Crippen molar-refractivity contribution >= 4 is 0 Å². The molecule has 2 heteroatoms. The van der Waals surface area contributed by atoms with Crippen LogP contribution in [0, 0.1) is 11.8 Å². The van der Waals surface area contributed by atoms with E-state index in [-0.39, 0.29) is 0 Å². The Labute approximate surface area is 128 Å². The molecule has 3 atom stereocenters. The fraction of sp³-hybridized carbons (Fsp3) is 0.684. The summed E-state index contributed by atoms with van der Waals surface area (Å²) in [5.41, 5.74) is 2.91. The highest BCUT2D eigenvalue weighted by molar-refractivity contribution is 5.26. The normalized spacial score (nSPS) is 32.7. The fourth-order valence-corrected chi connectivity index (χ4v) is 4.66. The Kier molecular flexibility index (Phi) is 4.00. The number of hydrogen-bond acceptors (Lipinski definition) is 2. The van der Waals surface area contributed by atoms with Gasteiger partial charge in [0.15, 0.2) is 0 Å². The summed E-state index contributed by atoms with van der Waals surface area (Å²) in [5, 5.41) is 3.50. The molecule has 4 rings (SSSR count). The molecular weight excluding hydrogens is 258 g/mol. The third-order valence-electron chi connectivity index (χ3n) is 5.87. The molecule has 1 N–H and O–H groups in total. The van der Waals surface area contributed by atoms with E-state index in [4.69, 9.17) is 4.74 Å². The summed E-state index contributed by atoms with van der Waals surface area (Å²) in [7, 11) is 0. The first-order chi connectivity index (χ1) is 10.4. The number of fused-ring (bicyclic) bond motifs is 1. The molecule has 1 aromatic carbocycles. The number of hydrogen-bond donors (Lipinski definition) is 1. The fourth-order valence-electron chi connectivity index (χ4n) is 4.66. The first-order valence-electron chi connectivity index (χ1n) is 8.79. The van der Waals surface area contributed by atoms with E-state index >= 15 is 0 Å². The lowest BCUT2D eigenvalue weighted by atomic mass is 9.96. The van der Waals surface area contributed by atoms with Crippen molar-refractivity contribution in [3.05, 3.63) is 35.4 Å². The average molecular weight is 285 g/mol. The van der Waals surface area contributed by atoms with Gasteiger partial charge in [-0.05, 0) is 67.7 Å². The molecule has 0 spiro atoms. The van der Waals surface area contributed by atoms with Crippen LogP contribution in [0.2, 0.25) is 0 Å². The van der Waals surface area contributed by atoms with E-state index in [1.807, 2.05) is 0 Å². The molecule has 114 valence electrons. The van der Waals surface area contributed by atoms with Gasteiger partial charge in [-0.1, -0.05) is 37.1 Å². The van der Waals surface area contributed by atoms with Crippen molar-refractivity contribution in [1.82, 2.24) is 5.32 Å². The minimum absolute atomic E-state index is 0.497. The van der Waals surface area contributed by atoms with Crippen LogP contribution in [-0.4, -0.2) is 19.2 Å². The van der Waals surface area contributed by atoms with Crippen LogP contribution in [0.25, 0.3) is 0 Å². The molecule has 0 amide bonds. The number of benzene rings is 1. The highest BCUT2D eigenvalue weighted by atomic mass is 16.5. The van der Waals surface area contributed by atoms with Crippen LogP contribution in [-0.2, 0) is 11.3 Å². The maximum Gasteiger partial charge on any atom is 0.0720 e. The van der Waals surface area contributed by atoms with Crippen LogP contribution in [0.3, 0.4) is 0 Å². The number of ether oxygens (including phenoxy) is 1. The maximum atomic E-state index is 6.22. The summed E-state index contributed by atoms with van der Waals surface area (Å²) < 4.78 is 6.22. The van der Waals surface area contributed by atoms with Gasteiger partial charge in [0, 0.05) is 0 Å². The number of nitrogens with one attached hydrogen (secondary N) is 1. The van der Waals surface area contributed by atoms with Gasteiger partial charge >= 0.3 is 0 Å². The Morgan fingerprint density at radius 3 is 2.57 bits per heavy atom. The first-order valence-corrected chi connectivity index (χ1v) is 8.79. The minimum atomic E-state index is 0.497. The van der Waals surface area contributed by atoms with Crippen LogP contribution in [0.5, 0.6) is 0 Å². The monoisotopic (exact) mass is 285 g/mol. The molecule has 1 unspecified atom stereocenters. The van der Waals surface area contributed by atoms with E-state index in [1.54, 1.807) is 5.56 Å². The summed E-state index contributed by atoms with van der Waals surface area (Å²) in [6.45, 7) is 3.22. The van der Waals surface area contributed by atoms with E-state index in [1.165, 1.54) is 57.2 Å². The third kappa shape index (κ3) is 3.02. The van der Waals surface area contributed by atoms with Gasteiger partial charge in [-0.15, -0.1) is 0 Å². The molecule has 0 aromatic heterocycles. The maximum absolute atomic E-state index is 6.22. The van der Waals surface area contributed by atoms with Crippen LogP contribution in [0.15, 0.2) is 24.3 Å². The van der Waals surface area contributed by atoms with E-state index in [2.05, 4.69) is 29.6 Å². The standard InChI is InChI=1S/C19H27NO/c1-2-6-15(5-1)16-7-3-4-14(8-16)13-21-19-9-17-11-20-12-18(17)10-19/h3-4,7-8,15,17-20H,1-2,5-6,9-13H2/t17-,18+,19?. The Morgan fingerprint density at radius 1 is 1.05 bits per heavy atom. The van der Waals surface area contributed by atoms with Gasteiger partial charge in [-0.2, -0.15) is 0 Å². The molecule has 1 heterocycles. The predicted molar refractivity (Wildman–Crippen MR) is 85.3 cm³/mol. The molecule has 21 heavy (non-hydrogen) atoms. The zero-order chi connectivity index (χ0) is 14.1. The molecule has 0 radical (unpaired) electrons. The molecule has 1 saturated heterocycles. The average Bonchev–Trinajstić information content (AvgIpc) is 3.22. The molecule has 0 bridgehead atoms. The van der Waals surface area contributed by atoms with Crippen LogP contribution < -0.4 is 5.32 Å². The topological polar surface area (TPSA) is 21.3 Å². The molecule has 1 aromatic rings. The van der Waals surface area contributed by atoms with E-state index < -0.39 is 0 Å². The largest absolute Gasteiger partial charge is 0.374 e. The summed E-state index contributed by atoms with van der Waals surface area (Å²) in [4.78, 5) is 0. The lowest BCUT2D eigenvalue weighted by Crippen LogP contribution is -2.16. The molecule has 3 aliphatic rings. The van der Waals surface area contributed by atoms with E-state index in [0.29, 0.717) is 6.10 Å². The van der Waals surface area contributed by atoms with Gasteiger partial charge < -0.3 is 10.1 Å². The molecule has 2 nitrogen and oxygen atoms in total. The van der Waals surface area contributed by atoms with Crippen LogP contribution in [0.4, 0.5) is 0 Å². The molecule has 1 aliphatic heterocycles. The van der Waals surface area contributed by atoms with Crippen molar-refractivity contribution in [2.75, 3.05) is 13.1 Å². The summed E-state index contributed by atoms with van der Waals surface area (Å²) in [6, 6.07) is 9.16. The third-order valence-corrected chi connectivity index (χ3v) is 5.87.